The van der Waals surface area contributed by atoms with Gasteiger partial charge in [-0.1, -0.05) is 12.1 Å². The normalized spacial score (nSPS) is 10.9. The molecule has 2 aromatic rings. The summed E-state index contributed by atoms with van der Waals surface area (Å²) in [4.78, 5) is 0. The second-order valence-corrected chi connectivity index (χ2v) is 5.59. The number of ether oxygens (including phenoxy) is 2. The molecule has 0 N–H and O–H groups in total. The molecule has 106 valence electrons. The number of hydrogen-bond acceptors (Lipinski definition) is 5. The molecule has 0 aliphatic carbocycles. The fraction of sp³-hybridized carbons (Fsp3) is 0.143. The summed E-state index contributed by atoms with van der Waals surface area (Å²) >= 11 is 0. The molecule has 0 amide bonds. The fourth-order valence-corrected chi connectivity index (χ4v) is 2.03. The van der Waals surface area contributed by atoms with E-state index in [0.29, 0.717) is 17.2 Å². The Morgan fingerprint density at radius 3 is 1.95 bits per heavy atom. The predicted octanol–water partition coefficient (Wildman–Crippen LogP) is 2.83. The van der Waals surface area contributed by atoms with Gasteiger partial charge < -0.3 is 13.7 Å². The first kappa shape index (κ1) is 14.2. The number of para-hydroxylation sites is 2. The van der Waals surface area contributed by atoms with E-state index in [1.165, 1.54) is 12.1 Å². The van der Waals surface area contributed by atoms with Crippen LogP contribution in [0.25, 0.3) is 0 Å². The lowest BCUT2D eigenvalue weighted by atomic mass is 10.3. The van der Waals surface area contributed by atoms with Crippen molar-refractivity contribution in [3.05, 3.63) is 48.5 Å². The monoisotopic (exact) mass is 294 g/mol. The van der Waals surface area contributed by atoms with Crippen molar-refractivity contribution in [1.82, 2.24) is 0 Å². The van der Waals surface area contributed by atoms with Crippen LogP contribution in [0.2, 0.25) is 0 Å². The van der Waals surface area contributed by atoms with Crippen LogP contribution in [0.3, 0.4) is 0 Å². The maximum absolute atomic E-state index is 11.0. The minimum absolute atomic E-state index is 0.236. The quantitative estimate of drug-likeness (QED) is 0.793. The fourth-order valence-electron chi connectivity index (χ4n) is 1.57. The minimum Gasteiger partial charge on any atom is -0.493 e. The molecule has 20 heavy (non-hydrogen) atoms. The Morgan fingerprint density at radius 2 is 1.40 bits per heavy atom. The molecule has 0 atom stereocenters. The molecule has 0 spiro atoms. The predicted molar refractivity (Wildman–Crippen MR) is 75.0 cm³/mol. The molecule has 0 heterocycles. The van der Waals surface area contributed by atoms with Crippen molar-refractivity contribution in [3.63, 3.8) is 0 Å². The highest BCUT2D eigenvalue weighted by Crippen LogP contribution is 2.31. The molecule has 0 aliphatic rings. The van der Waals surface area contributed by atoms with Gasteiger partial charge in [0, 0.05) is 0 Å². The van der Waals surface area contributed by atoms with Crippen molar-refractivity contribution in [3.8, 4) is 23.0 Å². The van der Waals surface area contributed by atoms with Gasteiger partial charge >= 0.3 is 10.1 Å². The number of hydrogen-bond donors (Lipinski definition) is 0. The molecular weight excluding hydrogens is 280 g/mol. The smallest absolute Gasteiger partial charge is 0.306 e. The molecule has 0 unspecified atom stereocenters. The van der Waals surface area contributed by atoms with Gasteiger partial charge in [-0.05, 0) is 36.4 Å². The van der Waals surface area contributed by atoms with E-state index in [-0.39, 0.29) is 5.75 Å². The Kier molecular flexibility index (Phi) is 4.14. The topological polar surface area (TPSA) is 61.8 Å². The highest BCUT2D eigenvalue weighted by atomic mass is 32.2. The largest absolute Gasteiger partial charge is 0.493 e. The lowest BCUT2D eigenvalue weighted by Gasteiger charge is -2.10. The van der Waals surface area contributed by atoms with Crippen LogP contribution in [0.1, 0.15) is 0 Å². The van der Waals surface area contributed by atoms with E-state index in [4.69, 9.17) is 13.7 Å². The first-order valence-electron chi connectivity index (χ1n) is 5.78. The van der Waals surface area contributed by atoms with Crippen LogP contribution in [0.5, 0.6) is 23.0 Å². The van der Waals surface area contributed by atoms with E-state index in [1.54, 1.807) is 31.4 Å². The third kappa shape index (κ3) is 3.89. The van der Waals surface area contributed by atoms with Gasteiger partial charge in [-0.15, -0.1) is 0 Å². The summed E-state index contributed by atoms with van der Waals surface area (Å²) in [5, 5.41) is 0. The van der Waals surface area contributed by atoms with Crippen LogP contribution in [0, 0.1) is 0 Å². The Hall–Kier alpha value is -2.21. The van der Waals surface area contributed by atoms with E-state index >= 15 is 0 Å². The van der Waals surface area contributed by atoms with Crippen LogP contribution in [0.4, 0.5) is 0 Å². The van der Waals surface area contributed by atoms with Gasteiger partial charge in [0.2, 0.25) is 0 Å². The van der Waals surface area contributed by atoms with Gasteiger partial charge in [0.25, 0.3) is 0 Å². The summed E-state index contributed by atoms with van der Waals surface area (Å²) in [6.45, 7) is 0. The molecule has 0 aliphatic heterocycles. The zero-order chi connectivity index (χ0) is 14.6. The molecule has 6 heteroatoms. The van der Waals surface area contributed by atoms with Crippen molar-refractivity contribution in [1.29, 1.82) is 0 Å². The van der Waals surface area contributed by atoms with Crippen LogP contribution in [-0.4, -0.2) is 21.8 Å². The van der Waals surface area contributed by atoms with E-state index in [1.807, 2.05) is 12.1 Å². The van der Waals surface area contributed by atoms with Gasteiger partial charge in [0.15, 0.2) is 11.5 Å². The number of methoxy groups -OCH3 is 1. The Balaban J connectivity index is 2.15. The molecule has 0 radical (unpaired) electrons. The zero-order valence-corrected chi connectivity index (χ0v) is 11.9. The third-order valence-electron chi connectivity index (χ3n) is 2.37. The van der Waals surface area contributed by atoms with E-state index in [0.717, 1.165) is 6.26 Å². The second kappa shape index (κ2) is 5.83. The molecule has 0 bridgehead atoms. The first-order chi connectivity index (χ1) is 9.48. The molecule has 0 saturated carbocycles. The highest BCUT2D eigenvalue weighted by Gasteiger charge is 2.06. The number of benzene rings is 2. The van der Waals surface area contributed by atoms with Crippen LogP contribution in [-0.2, 0) is 10.1 Å². The van der Waals surface area contributed by atoms with E-state index < -0.39 is 10.1 Å². The Labute approximate surface area is 117 Å². The minimum atomic E-state index is -3.52. The summed E-state index contributed by atoms with van der Waals surface area (Å²) in [5.74, 6) is 1.98. The summed E-state index contributed by atoms with van der Waals surface area (Å²) in [5.41, 5.74) is 0. The van der Waals surface area contributed by atoms with Crippen LogP contribution < -0.4 is 13.7 Å². The van der Waals surface area contributed by atoms with Gasteiger partial charge in [0.1, 0.15) is 11.5 Å². The SMILES string of the molecule is COc1ccccc1Oc1ccc(OS(C)(=O)=O)cc1. The average Bonchev–Trinajstić information content (AvgIpc) is 2.40. The Bertz CT molecular complexity index is 677. The molecule has 0 aromatic heterocycles. The summed E-state index contributed by atoms with van der Waals surface area (Å²) in [6.07, 6.45) is 0.992. The molecular formula is C14H14O5S. The van der Waals surface area contributed by atoms with Gasteiger partial charge in [0.05, 0.1) is 13.4 Å². The summed E-state index contributed by atoms with van der Waals surface area (Å²) < 4.78 is 37.6. The van der Waals surface area contributed by atoms with E-state index in [2.05, 4.69) is 0 Å². The van der Waals surface area contributed by atoms with Crippen molar-refractivity contribution in [2.24, 2.45) is 0 Å². The molecule has 5 nitrogen and oxygen atoms in total. The second-order valence-electron chi connectivity index (χ2n) is 4.01. The van der Waals surface area contributed by atoms with Gasteiger partial charge in [-0.2, -0.15) is 8.42 Å². The van der Waals surface area contributed by atoms with Gasteiger partial charge in [-0.25, -0.2) is 0 Å². The van der Waals surface area contributed by atoms with E-state index in [9.17, 15) is 8.42 Å². The Morgan fingerprint density at radius 1 is 0.850 bits per heavy atom. The van der Waals surface area contributed by atoms with Crippen molar-refractivity contribution >= 4 is 10.1 Å². The lowest BCUT2D eigenvalue weighted by molar-refractivity contribution is 0.378. The first-order valence-corrected chi connectivity index (χ1v) is 7.60. The standard InChI is InChI=1S/C14H14O5S/c1-17-13-5-3-4-6-14(13)18-11-7-9-12(10-8-11)19-20(2,15)16/h3-10H,1-2H3. The zero-order valence-electron chi connectivity index (χ0n) is 11.1. The summed E-state index contributed by atoms with van der Waals surface area (Å²) in [6, 6.07) is 13.5. The maximum atomic E-state index is 11.0. The number of rotatable bonds is 5. The highest BCUT2D eigenvalue weighted by molar-refractivity contribution is 7.86. The molecule has 0 fully saturated rings. The van der Waals surface area contributed by atoms with Gasteiger partial charge in [-0.3, -0.25) is 0 Å². The van der Waals surface area contributed by atoms with Crippen LogP contribution >= 0.6 is 0 Å². The van der Waals surface area contributed by atoms with Crippen molar-refractivity contribution in [2.75, 3.05) is 13.4 Å². The van der Waals surface area contributed by atoms with Crippen LogP contribution in [0.15, 0.2) is 48.5 Å². The average molecular weight is 294 g/mol. The lowest BCUT2D eigenvalue weighted by Crippen LogP contribution is -2.05. The molecule has 2 aromatic carbocycles. The maximum Gasteiger partial charge on any atom is 0.306 e. The third-order valence-corrected chi connectivity index (χ3v) is 2.86. The van der Waals surface area contributed by atoms with Crippen molar-refractivity contribution < 1.29 is 22.1 Å². The molecule has 2 rings (SSSR count). The molecule has 0 saturated heterocycles. The summed E-state index contributed by atoms with van der Waals surface area (Å²) in [7, 11) is -1.96. The van der Waals surface area contributed by atoms with Crippen molar-refractivity contribution in [2.45, 2.75) is 0 Å².